The SMILES string of the molecule is CC1(C(N)CN)C(S)CCCC1CO. The van der Waals surface area contributed by atoms with E-state index in [2.05, 4.69) is 19.6 Å². The molecule has 0 radical (unpaired) electrons. The molecule has 0 aromatic carbocycles. The van der Waals surface area contributed by atoms with Crippen LogP contribution in [-0.4, -0.2) is 29.5 Å². The minimum absolute atomic E-state index is 0.0672. The number of thiol groups is 1. The lowest BCUT2D eigenvalue weighted by atomic mass is 9.63. The lowest BCUT2D eigenvalue weighted by Gasteiger charge is -2.48. The third-order valence-electron chi connectivity index (χ3n) is 3.90. The zero-order valence-corrected chi connectivity index (χ0v) is 9.71. The number of hydrogen-bond acceptors (Lipinski definition) is 4. The van der Waals surface area contributed by atoms with Crippen molar-refractivity contribution in [1.29, 1.82) is 0 Å². The lowest BCUT2D eigenvalue weighted by molar-refractivity contribution is 0.0454. The highest BCUT2D eigenvalue weighted by molar-refractivity contribution is 7.81. The molecule has 1 aliphatic rings. The molecule has 4 atom stereocenters. The highest BCUT2D eigenvalue weighted by Gasteiger charge is 2.45. The number of hydrogen-bond donors (Lipinski definition) is 4. The first-order chi connectivity index (χ1) is 6.57. The van der Waals surface area contributed by atoms with Gasteiger partial charge in [-0.2, -0.15) is 12.6 Å². The van der Waals surface area contributed by atoms with Crippen molar-refractivity contribution in [2.24, 2.45) is 22.8 Å². The maximum Gasteiger partial charge on any atom is 0.0465 e. The number of rotatable bonds is 3. The number of aliphatic hydroxyl groups is 1. The summed E-state index contributed by atoms with van der Waals surface area (Å²) in [6.07, 6.45) is 3.24. The Morgan fingerprint density at radius 1 is 1.57 bits per heavy atom. The lowest BCUT2D eigenvalue weighted by Crippen LogP contribution is -2.56. The van der Waals surface area contributed by atoms with Crippen molar-refractivity contribution in [2.75, 3.05) is 13.2 Å². The number of nitrogens with two attached hydrogens (primary N) is 2. The summed E-state index contributed by atoms with van der Waals surface area (Å²) in [6, 6.07) is -0.0672. The Balaban J connectivity index is 2.85. The van der Waals surface area contributed by atoms with Crippen LogP contribution in [0.5, 0.6) is 0 Å². The van der Waals surface area contributed by atoms with Crippen LogP contribution in [0, 0.1) is 11.3 Å². The van der Waals surface area contributed by atoms with Gasteiger partial charge in [-0.3, -0.25) is 0 Å². The summed E-state index contributed by atoms with van der Waals surface area (Å²) in [5.41, 5.74) is 11.6. The van der Waals surface area contributed by atoms with E-state index in [0.717, 1.165) is 19.3 Å². The molecule has 1 fully saturated rings. The molecule has 0 spiro atoms. The van der Waals surface area contributed by atoms with Gasteiger partial charge < -0.3 is 16.6 Å². The van der Waals surface area contributed by atoms with Gasteiger partial charge in [0.1, 0.15) is 0 Å². The average molecular weight is 218 g/mol. The molecule has 5 N–H and O–H groups in total. The van der Waals surface area contributed by atoms with Crippen LogP contribution in [0.25, 0.3) is 0 Å². The van der Waals surface area contributed by atoms with E-state index < -0.39 is 0 Å². The predicted octanol–water partition coefficient (Wildman–Crippen LogP) is 0.370. The van der Waals surface area contributed by atoms with Gasteiger partial charge in [0.05, 0.1) is 0 Å². The summed E-state index contributed by atoms with van der Waals surface area (Å²) in [4.78, 5) is 0. The quantitative estimate of drug-likeness (QED) is 0.517. The molecule has 3 nitrogen and oxygen atoms in total. The van der Waals surface area contributed by atoms with Gasteiger partial charge >= 0.3 is 0 Å². The van der Waals surface area contributed by atoms with E-state index in [-0.39, 0.29) is 29.2 Å². The molecule has 1 aliphatic carbocycles. The molecular weight excluding hydrogens is 196 g/mol. The minimum atomic E-state index is -0.120. The first-order valence-electron chi connectivity index (χ1n) is 5.32. The van der Waals surface area contributed by atoms with Crippen molar-refractivity contribution in [3.63, 3.8) is 0 Å². The van der Waals surface area contributed by atoms with Gasteiger partial charge in [0, 0.05) is 29.9 Å². The average Bonchev–Trinajstić information content (AvgIpc) is 2.20. The Labute approximate surface area is 91.6 Å². The Morgan fingerprint density at radius 2 is 2.21 bits per heavy atom. The summed E-state index contributed by atoms with van der Waals surface area (Å²) in [5, 5.41) is 9.61. The van der Waals surface area contributed by atoms with Crippen molar-refractivity contribution in [3.8, 4) is 0 Å². The Kier molecular flexibility index (Phi) is 4.25. The molecule has 1 saturated carbocycles. The molecule has 0 aromatic rings. The standard InChI is InChI=1S/C10H22N2OS/c1-10(8(12)5-11)7(6-13)3-2-4-9(10)14/h7-9,13-14H,2-6,11-12H2,1H3. The first kappa shape index (κ1) is 12.3. The van der Waals surface area contributed by atoms with Gasteiger partial charge in [-0.15, -0.1) is 0 Å². The van der Waals surface area contributed by atoms with E-state index in [1.165, 1.54) is 0 Å². The Morgan fingerprint density at radius 3 is 2.71 bits per heavy atom. The largest absolute Gasteiger partial charge is 0.396 e. The van der Waals surface area contributed by atoms with E-state index in [0.29, 0.717) is 6.54 Å². The third-order valence-corrected chi connectivity index (χ3v) is 4.72. The zero-order chi connectivity index (χ0) is 10.8. The Bertz CT molecular complexity index is 185. The van der Waals surface area contributed by atoms with E-state index in [9.17, 15) is 5.11 Å². The van der Waals surface area contributed by atoms with E-state index >= 15 is 0 Å². The summed E-state index contributed by atoms with van der Waals surface area (Å²) < 4.78 is 0. The maximum atomic E-state index is 9.36. The second-order valence-electron chi connectivity index (χ2n) is 4.53. The van der Waals surface area contributed by atoms with E-state index in [4.69, 9.17) is 11.5 Å². The topological polar surface area (TPSA) is 72.3 Å². The van der Waals surface area contributed by atoms with Crippen molar-refractivity contribution < 1.29 is 5.11 Å². The zero-order valence-electron chi connectivity index (χ0n) is 8.82. The minimum Gasteiger partial charge on any atom is -0.396 e. The van der Waals surface area contributed by atoms with Gasteiger partial charge in [-0.05, 0) is 18.8 Å². The van der Waals surface area contributed by atoms with Gasteiger partial charge in [0.2, 0.25) is 0 Å². The molecule has 0 saturated heterocycles. The predicted molar refractivity (Wildman–Crippen MR) is 62.3 cm³/mol. The second-order valence-corrected chi connectivity index (χ2v) is 5.16. The Hall–Kier alpha value is 0.230. The first-order valence-corrected chi connectivity index (χ1v) is 5.83. The molecule has 0 heterocycles. The van der Waals surface area contributed by atoms with Crippen molar-refractivity contribution >= 4 is 12.6 Å². The van der Waals surface area contributed by atoms with Gasteiger partial charge in [0.15, 0.2) is 0 Å². The van der Waals surface area contributed by atoms with Crippen LogP contribution in [0.15, 0.2) is 0 Å². The molecule has 14 heavy (non-hydrogen) atoms. The van der Waals surface area contributed by atoms with Crippen LogP contribution in [0.4, 0.5) is 0 Å². The van der Waals surface area contributed by atoms with Crippen molar-refractivity contribution in [3.05, 3.63) is 0 Å². The smallest absolute Gasteiger partial charge is 0.0465 e. The second kappa shape index (κ2) is 4.84. The molecule has 0 aromatic heterocycles. The normalized spacial score (nSPS) is 40.9. The number of aliphatic hydroxyl groups excluding tert-OH is 1. The monoisotopic (exact) mass is 218 g/mol. The fraction of sp³-hybridized carbons (Fsp3) is 1.00. The molecule has 1 rings (SSSR count). The van der Waals surface area contributed by atoms with E-state index in [1.807, 2.05) is 0 Å². The van der Waals surface area contributed by atoms with Crippen LogP contribution in [0.1, 0.15) is 26.2 Å². The highest BCUT2D eigenvalue weighted by atomic mass is 32.1. The molecule has 4 unspecified atom stereocenters. The van der Waals surface area contributed by atoms with Crippen molar-refractivity contribution in [1.82, 2.24) is 0 Å². The van der Waals surface area contributed by atoms with Crippen LogP contribution >= 0.6 is 12.6 Å². The third kappa shape index (κ3) is 1.94. The van der Waals surface area contributed by atoms with E-state index in [1.54, 1.807) is 0 Å². The molecular formula is C10H22N2OS. The summed E-state index contributed by atoms with van der Waals surface area (Å²) in [5.74, 6) is 0.247. The summed E-state index contributed by atoms with van der Waals surface area (Å²) >= 11 is 4.60. The summed E-state index contributed by atoms with van der Waals surface area (Å²) in [7, 11) is 0. The summed E-state index contributed by atoms with van der Waals surface area (Å²) in [6.45, 7) is 2.77. The fourth-order valence-corrected chi connectivity index (χ4v) is 3.13. The molecule has 0 amide bonds. The van der Waals surface area contributed by atoms with Gasteiger partial charge in [-0.1, -0.05) is 13.3 Å². The van der Waals surface area contributed by atoms with Gasteiger partial charge in [-0.25, -0.2) is 0 Å². The van der Waals surface area contributed by atoms with Crippen LogP contribution < -0.4 is 11.5 Å². The van der Waals surface area contributed by atoms with Crippen molar-refractivity contribution in [2.45, 2.75) is 37.5 Å². The fourth-order valence-electron chi connectivity index (χ4n) is 2.54. The van der Waals surface area contributed by atoms with Crippen LogP contribution in [0.2, 0.25) is 0 Å². The highest BCUT2D eigenvalue weighted by Crippen LogP contribution is 2.45. The molecule has 0 bridgehead atoms. The molecule has 84 valence electrons. The molecule has 0 aliphatic heterocycles. The van der Waals surface area contributed by atoms with Crippen LogP contribution in [-0.2, 0) is 0 Å². The van der Waals surface area contributed by atoms with Crippen LogP contribution in [0.3, 0.4) is 0 Å². The maximum absolute atomic E-state index is 9.36. The molecule has 4 heteroatoms. The van der Waals surface area contributed by atoms with Gasteiger partial charge in [0.25, 0.3) is 0 Å².